The molecule has 1 fully saturated rings. The maximum atomic E-state index is 11.1. The van der Waals surface area contributed by atoms with E-state index in [-0.39, 0.29) is 36.0 Å². The predicted molar refractivity (Wildman–Crippen MR) is 124 cm³/mol. The van der Waals surface area contributed by atoms with Gasteiger partial charge in [-0.25, -0.2) is 17.9 Å². The van der Waals surface area contributed by atoms with Gasteiger partial charge in [-0.2, -0.15) is 0 Å². The van der Waals surface area contributed by atoms with Gasteiger partial charge in [-0.1, -0.05) is 84.0 Å². The van der Waals surface area contributed by atoms with Crippen molar-refractivity contribution in [3.05, 3.63) is 0 Å². The van der Waals surface area contributed by atoms with Crippen molar-refractivity contribution >= 4 is 10.4 Å². The third-order valence-electron chi connectivity index (χ3n) is 6.16. The number of hydrogen-bond donors (Lipinski definition) is 7. The first-order chi connectivity index (χ1) is 16.4. The van der Waals surface area contributed by atoms with E-state index in [1.165, 1.54) is 51.4 Å². The van der Waals surface area contributed by atoms with Crippen LogP contribution in [0.3, 0.4) is 0 Å². The molecule has 0 spiro atoms. The minimum absolute atomic E-state index is 0. The van der Waals surface area contributed by atoms with Gasteiger partial charge in [-0.05, 0) is 12.8 Å². The molecule has 1 aliphatic rings. The van der Waals surface area contributed by atoms with Crippen LogP contribution in [0.4, 0.5) is 0 Å². The average Bonchev–Trinajstić information content (AvgIpc) is 2.76. The van der Waals surface area contributed by atoms with Crippen LogP contribution in [0.5, 0.6) is 0 Å². The number of aliphatic hydroxyl groups is 6. The monoisotopic (exact) mass is 553 g/mol. The van der Waals surface area contributed by atoms with Gasteiger partial charge >= 0.3 is 29.6 Å². The predicted octanol–water partition coefficient (Wildman–Crippen LogP) is -2.70. The Morgan fingerprint density at radius 3 is 1.75 bits per heavy atom. The molecule has 1 heterocycles. The topological polar surface area (TPSA) is 209 Å². The molecule has 36 heavy (non-hydrogen) atoms. The summed E-state index contributed by atoms with van der Waals surface area (Å²) in [5.74, 6) is -3.32. The Labute approximate surface area is 236 Å². The Bertz CT molecular complexity index is 674. The summed E-state index contributed by atoms with van der Waals surface area (Å²) in [6.45, 7) is 2.20. The maximum absolute atomic E-state index is 11.1. The van der Waals surface area contributed by atoms with Crippen molar-refractivity contribution < 1.29 is 82.1 Å². The standard InChI is InChI=1S/C22H45NO11S.Na/c1-2-3-4-5-6-7-8-9-10-11-12-13-14-15-16(24)23-22(29,34-35(30,31)32)20-18(26)17(25)19(27)21(28)33-20;/h16-21,23-29H,2-15H2,1H3,(H,30,31,32);/q;+1/p-1/t16?,17-,18-,19+,20-,21?,22?;/m0./s1. The molecule has 1 rings (SSSR count). The van der Waals surface area contributed by atoms with Crippen molar-refractivity contribution in [3.63, 3.8) is 0 Å². The van der Waals surface area contributed by atoms with E-state index < -0.39 is 53.2 Å². The van der Waals surface area contributed by atoms with E-state index in [0.717, 1.165) is 25.7 Å². The molecular weight excluding hydrogens is 509 g/mol. The second kappa shape index (κ2) is 18.8. The van der Waals surface area contributed by atoms with Gasteiger partial charge < -0.3 is 39.9 Å². The Balaban J connectivity index is 0.0000122. The average molecular weight is 554 g/mol. The zero-order valence-electron chi connectivity index (χ0n) is 21.5. The molecule has 0 amide bonds. The van der Waals surface area contributed by atoms with Gasteiger partial charge in [0.15, 0.2) is 12.4 Å². The van der Waals surface area contributed by atoms with Crippen LogP contribution < -0.4 is 34.9 Å². The summed E-state index contributed by atoms with van der Waals surface area (Å²) in [4.78, 5) is 0. The third-order valence-corrected chi connectivity index (χ3v) is 6.62. The molecule has 210 valence electrons. The molecule has 0 aromatic carbocycles. The van der Waals surface area contributed by atoms with Crippen LogP contribution in [0.1, 0.15) is 96.8 Å². The van der Waals surface area contributed by atoms with E-state index >= 15 is 0 Å². The molecule has 3 unspecified atom stereocenters. The van der Waals surface area contributed by atoms with Crippen molar-refractivity contribution in [2.24, 2.45) is 0 Å². The quantitative estimate of drug-likeness (QED) is 0.0287. The molecule has 14 heteroatoms. The summed E-state index contributed by atoms with van der Waals surface area (Å²) in [7, 11) is -5.59. The molecule has 7 N–H and O–H groups in total. The summed E-state index contributed by atoms with van der Waals surface area (Å²) < 4.78 is 42.2. The Hall–Kier alpha value is 0.550. The fourth-order valence-electron chi connectivity index (χ4n) is 4.16. The van der Waals surface area contributed by atoms with Crippen LogP contribution in [-0.2, 0) is 19.3 Å². The number of aliphatic hydroxyl groups excluding tert-OH is 5. The van der Waals surface area contributed by atoms with Gasteiger partial charge in [0.1, 0.15) is 24.5 Å². The van der Waals surface area contributed by atoms with Crippen LogP contribution in [-0.4, -0.2) is 86.5 Å². The first-order valence-electron chi connectivity index (χ1n) is 12.6. The summed E-state index contributed by atoms with van der Waals surface area (Å²) in [5.41, 5.74) is 0. The number of nitrogens with one attached hydrogen (secondary N) is 1. The summed E-state index contributed by atoms with van der Waals surface area (Å²) >= 11 is 0. The molecule has 0 aromatic rings. The second-order valence-corrected chi connectivity index (χ2v) is 10.3. The Morgan fingerprint density at radius 2 is 1.31 bits per heavy atom. The van der Waals surface area contributed by atoms with Crippen molar-refractivity contribution in [1.29, 1.82) is 0 Å². The zero-order chi connectivity index (χ0) is 26.5. The maximum Gasteiger partial charge on any atom is 1.00 e. The molecule has 0 radical (unpaired) electrons. The van der Waals surface area contributed by atoms with Gasteiger partial charge in [0, 0.05) is 0 Å². The Morgan fingerprint density at radius 1 is 0.861 bits per heavy atom. The van der Waals surface area contributed by atoms with Crippen molar-refractivity contribution in [3.8, 4) is 0 Å². The van der Waals surface area contributed by atoms with E-state index in [4.69, 9.17) is 4.74 Å². The molecule has 12 nitrogen and oxygen atoms in total. The van der Waals surface area contributed by atoms with Crippen LogP contribution in [0.15, 0.2) is 0 Å². The third kappa shape index (κ3) is 14.1. The summed E-state index contributed by atoms with van der Waals surface area (Å²) in [6, 6.07) is 0. The van der Waals surface area contributed by atoms with E-state index in [9.17, 15) is 43.6 Å². The summed E-state index contributed by atoms with van der Waals surface area (Å²) in [6.07, 6.45) is 2.39. The zero-order valence-corrected chi connectivity index (χ0v) is 24.3. The molecule has 1 aliphatic heterocycles. The van der Waals surface area contributed by atoms with Gasteiger partial charge in [-0.15, -0.1) is 0 Å². The van der Waals surface area contributed by atoms with Crippen LogP contribution >= 0.6 is 0 Å². The first kappa shape index (κ1) is 36.5. The first-order valence-corrected chi connectivity index (χ1v) is 14.0. The fraction of sp³-hybridized carbons (Fsp3) is 1.00. The smallest absolute Gasteiger partial charge is 0.725 e. The van der Waals surface area contributed by atoms with Gasteiger partial charge in [-0.3, -0.25) is 0 Å². The van der Waals surface area contributed by atoms with Crippen molar-refractivity contribution in [1.82, 2.24) is 5.32 Å². The molecular formula is C22H44NNaO11S. The molecule has 0 bridgehead atoms. The summed E-state index contributed by atoms with van der Waals surface area (Å²) in [5, 5.41) is 61.8. The number of hydrogen-bond acceptors (Lipinski definition) is 12. The number of rotatable bonds is 19. The van der Waals surface area contributed by atoms with Gasteiger partial charge in [0.25, 0.3) is 5.91 Å². The van der Waals surface area contributed by atoms with Crippen molar-refractivity contribution in [2.45, 2.75) is 140 Å². The van der Waals surface area contributed by atoms with E-state index in [2.05, 4.69) is 11.1 Å². The molecule has 0 aromatic heterocycles. The van der Waals surface area contributed by atoms with E-state index in [1.54, 1.807) is 0 Å². The van der Waals surface area contributed by atoms with E-state index in [0.29, 0.717) is 6.42 Å². The fourth-order valence-corrected chi connectivity index (χ4v) is 4.61. The molecule has 0 saturated carbocycles. The number of unbranched alkanes of at least 4 members (excludes halogenated alkanes) is 12. The largest absolute Gasteiger partial charge is 1.00 e. The van der Waals surface area contributed by atoms with Crippen molar-refractivity contribution in [2.75, 3.05) is 0 Å². The van der Waals surface area contributed by atoms with Crippen LogP contribution in [0.25, 0.3) is 0 Å². The minimum Gasteiger partial charge on any atom is -0.725 e. The molecule has 7 atom stereocenters. The Kier molecular flexibility index (Phi) is 19.1. The van der Waals surface area contributed by atoms with Gasteiger partial charge in [0.05, 0.1) is 0 Å². The normalized spacial score (nSPS) is 27.3. The SMILES string of the molecule is CCCCCCCCCCCCCCCC(O)NC(O)(OS(=O)(=O)[O-])[C@H]1OC(O)[C@H](O)[C@@H](O)[C@@H]1O.[Na+]. The van der Waals surface area contributed by atoms with Crippen LogP contribution in [0.2, 0.25) is 0 Å². The second-order valence-electron chi connectivity index (χ2n) is 9.30. The molecule has 0 aliphatic carbocycles. The van der Waals surface area contributed by atoms with E-state index in [1.807, 2.05) is 5.32 Å². The molecule has 1 saturated heterocycles. The van der Waals surface area contributed by atoms with Crippen LogP contribution in [0, 0.1) is 0 Å². The van der Waals surface area contributed by atoms with Gasteiger partial charge in [0.2, 0.25) is 10.4 Å². The minimum atomic E-state index is -5.59. The number of ether oxygens (including phenoxy) is 1.